The van der Waals surface area contributed by atoms with Crippen molar-refractivity contribution in [3.8, 4) is 0 Å². The highest BCUT2D eigenvalue weighted by molar-refractivity contribution is 9.10. The predicted molar refractivity (Wildman–Crippen MR) is 106 cm³/mol. The van der Waals surface area contributed by atoms with Gasteiger partial charge >= 0.3 is 0 Å². The number of para-hydroxylation sites is 2. The molecule has 112 valence electrons. The third-order valence-corrected chi connectivity index (χ3v) is 5.66. The largest absolute Gasteiger partial charge is 0.308 e. The molecule has 0 spiro atoms. The van der Waals surface area contributed by atoms with Gasteiger partial charge in [0.15, 0.2) is 0 Å². The Balaban J connectivity index is 2.05. The maximum Gasteiger partial charge on any atom is 0.0620 e. The molecule has 0 radical (unpaired) electrons. The van der Waals surface area contributed by atoms with Crippen molar-refractivity contribution in [1.82, 2.24) is 4.40 Å². The highest BCUT2D eigenvalue weighted by atomic mass is 79.9. The Morgan fingerprint density at radius 1 is 0.625 bits per heavy atom. The fraction of sp³-hybridized carbons (Fsp3) is 0. The van der Waals surface area contributed by atoms with Gasteiger partial charge in [0.25, 0.3) is 0 Å². The highest BCUT2D eigenvalue weighted by Crippen LogP contribution is 2.41. The van der Waals surface area contributed by atoms with E-state index in [2.05, 4.69) is 93.1 Å². The van der Waals surface area contributed by atoms with Gasteiger partial charge in [0.2, 0.25) is 0 Å². The first-order valence-corrected chi connectivity index (χ1v) is 8.87. The molecule has 6 rings (SSSR count). The van der Waals surface area contributed by atoms with Crippen LogP contribution in [0.25, 0.3) is 48.9 Å². The van der Waals surface area contributed by atoms with Gasteiger partial charge in [0, 0.05) is 26.0 Å². The third kappa shape index (κ3) is 1.41. The second-order valence-corrected chi connectivity index (χ2v) is 7.30. The number of halogens is 1. The molecular weight excluding hydrogens is 358 g/mol. The summed E-state index contributed by atoms with van der Waals surface area (Å²) in [5.41, 5.74) is 3.90. The minimum absolute atomic E-state index is 1.12. The van der Waals surface area contributed by atoms with Crippen LogP contribution in [0.15, 0.2) is 77.3 Å². The van der Waals surface area contributed by atoms with E-state index in [9.17, 15) is 0 Å². The van der Waals surface area contributed by atoms with Crippen molar-refractivity contribution in [2.45, 2.75) is 0 Å². The number of fused-ring (bicyclic) bond motifs is 8. The number of rotatable bonds is 0. The van der Waals surface area contributed by atoms with Gasteiger partial charge in [-0.2, -0.15) is 0 Å². The molecule has 2 heterocycles. The van der Waals surface area contributed by atoms with Crippen molar-refractivity contribution in [2.75, 3.05) is 0 Å². The van der Waals surface area contributed by atoms with Crippen molar-refractivity contribution in [1.29, 1.82) is 0 Å². The molecule has 0 saturated carbocycles. The molecular formula is C22H12BrN. The molecule has 0 bridgehead atoms. The fourth-order valence-electron chi connectivity index (χ4n) is 4.22. The molecule has 0 aliphatic rings. The lowest BCUT2D eigenvalue weighted by atomic mass is 10.0. The molecule has 0 atom stereocenters. The number of aromatic nitrogens is 1. The van der Waals surface area contributed by atoms with E-state index in [4.69, 9.17) is 0 Å². The van der Waals surface area contributed by atoms with Crippen LogP contribution >= 0.6 is 15.9 Å². The van der Waals surface area contributed by atoms with E-state index in [1.54, 1.807) is 0 Å². The van der Waals surface area contributed by atoms with Gasteiger partial charge in [-0.1, -0.05) is 64.5 Å². The van der Waals surface area contributed by atoms with E-state index in [0.717, 1.165) is 4.47 Å². The Kier molecular flexibility index (Phi) is 2.28. The minimum atomic E-state index is 1.12. The Bertz CT molecular complexity index is 1410. The topological polar surface area (TPSA) is 4.41 Å². The summed E-state index contributed by atoms with van der Waals surface area (Å²) in [5.74, 6) is 0. The summed E-state index contributed by atoms with van der Waals surface area (Å²) < 4.78 is 3.55. The summed E-state index contributed by atoms with van der Waals surface area (Å²) in [5, 5.41) is 7.94. The van der Waals surface area contributed by atoms with Crippen LogP contribution < -0.4 is 0 Å². The van der Waals surface area contributed by atoms with Gasteiger partial charge in [-0.15, -0.1) is 0 Å². The summed E-state index contributed by atoms with van der Waals surface area (Å²) in [6.45, 7) is 0. The Hall–Kier alpha value is -2.58. The van der Waals surface area contributed by atoms with Crippen LogP contribution in [0.5, 0.6) is 0 Å². The lowest BCUT2D eigenvalue weighted by Gasteiger charge is -2.03. The van der Waals surface area contributed by atoms with Crippen molar-refractivity contribution in [3.63, 3.8) is 0 Å². The zero-order valence-corrected chi connectivity index (χ0v) is 14.3. The summed E-state index contributed by atoms with van der Waals surface area (Å²) in [6.07, 6.45) is 0. The first-order chi connectivity index (χ1) is 11.8. The lowest BCUT2D eigenvalue weighted by Crippen LogP contribution is -1.81. The normalized spacial score (nSPS) is 12.4. The molecule has 24 heavy (non-hydrogen) atoms. The van der Waals surface area contributed by atoms with Crippen LogP contribution in [0.4, 0.5) is 0 Å². The van der Waals surface area contributed by atoms with Crippen molar-refractivity contribution in [3.05, 3.63) is 77.3 Å². The highest BCUT2D eigenvalue weighted by Gasteiger charge is 2.18. The van der Waals surface area contributed by atoms with Gasteiger partial charge < -0.3 is 4.40 Å². The second-order valence-electron chi connectivity index (χ2n) is 6.38. The van der Waals surface area contributed by atoms with E-state index in [1.165, 1.54) is 48.9 Å². The van der Waals surface area contributed by atoms with Gasteiger partial charge in [0.1, 0.15) is 0 Å². The zero-order chi connectivity index (χ0) is 15.8. The first kappa shape index (κ1) is 12.8. The first-order valence-electron chi connectivity index (χ1n) is 8.08. The van der Waals surface area contributed by atoms with Crippen molar-refractivity contribution in [2.24, 2.45) is 0 Å². The summed E-state index contributed by atoms with van der Waals surface area (Å²) >= 11 is 3.64. The van der Waals surface area contributed by atoms with Gasteiger partial charge in [0.05, 0.1) is 16.6 Å². The number of hydrogen-bond acceptors (Lipinski definition) is 0. The quantitative estimate of drug-likeness (QED) is 0.278. The van der Waals surface area contributed by atoms with Crippen LogP contribution in [0.3, 0.4) is 0 Å². The Labute approximate surface area is 146 Å². The monoisotopic (exact) mass is 369 g/mol. The van der Waals surface area contributed by atoms with Crippen molar-refractivity contribution < 1.29 is 0 Å². The Morgan fingerprint density at radius 3 is 2.38 bits per heavy atom. The predicted octanol–water partition coefficient (Wildman–Crippen LogP) is 6.75. The lowest BCUT2D eigenvalue weighted by molar-refractivity contribution is 1.37. The SMILES string of the molecule is Brc1ccc2ccc3c(c2c1)c1cccc2c4ccccc4n3c21. The molecule has 2 heteroatoms. The van der Waals surface area contributed by atoms with Gasteiger partial charge in [-0.05, 0) is 35.0 Å². The van der Waals surface area contributed by atoms with E-state index in [1.807, 2.05) is 0 Å². The van der Waals surface area contributed by atoms with Crippen LogP contribution in [0, 0.1) is 0 Å². The molecule has 0 N–H and O–H groups in total. The second kappa shape index (κ2) is 4.28. The average molecular weight is 370 g/mol. The standard InChI is InChI=1S/C22H12BrN/c23-14-10-8-13-9-11-20-21(18(13)12-14)17-6-3-5-16-15-4-1-2-7-19(15)24(20)22(16)17/h1-12H. The van der Waals surface area contributed by atoms with E-state index < -0.39 is 0 Å². The van der Waals surface area contributed by atoms with Gasteiger partial charge in [-0.3, -0.25) is 0 Å². The van der Waals surface area contributed by atoms with Crippen LogP contribution in [-0.2, 0) is 0 Å². The molecule has 6 aromatic rings. The summed E-state index contributed by atoms with van der Waals surface area (Å²) in [4.78, 5) is 0. The Morgan fingerprint density at radius 2 is 1.42 bits per heavy atom. The van der Waals surface area contributed by atoms with E-state index >= 15 is 0 Å². The molecule has 0 saturated heterocycles. The molecule has 0 aliphatic carbocycles. The van der Waals surface area contributed by atoms with Gasteiger partial charge in [-0.25, -0.2) is 0 Å². The molecule has 1 nitrogen and oxygen atoms in total. The molecule has 0 aliphatic heterocycles. The van der Waals surface area contributed by atoms with Crippen LogP contribution in [0.1, 0.15) is 0 Å². The average Bonchev–Trinajstić information content (AvgIpc) is 3.13. The van der Waals surface area contributed by atoms with Crippen LogP contribution in [0.2, 0.25) is 0 Å². The summed E-state index contributed by atoms with van der Waals surface area (Å²) in [7, 11) is 0. The molecule has 2 aromatic heterocycles. The number of benzene rings is 4. The zero-order valence-electron chi connectivity index (χ0n) is 12.8. The number of nitrogens with zero attached hydrogens (tertiary/aromatic N) is 1. The summed E-state index contributed by atoms with van der Waals surface area (Å²) in [6, 6.07) is 26.4. The smallest absolute Gasteiger partial charge is 0.0620 e. The minimum Gasteiger partial charge on any atom is -0.308 e. The number of hydrogen-bond donors (Lipinski definition) is 0. The van der Waals surface area contributed by atoms with Crippen LogP contribution in [-0.4, -0.2) is 4.40 Å². The van der Waals surface area contributed by atoms with Crippen molar-refractivity contribution >= 4 is 64.8 Å². The molecule has 4 aromatic carbocycles. The molecule has 0 fully saturated rings. The van der Waals surface area contributed by atoms with E-state index in [-0.39, 0.29) is 0 Å². The maximum absolute atomic E-state index is 3.64. The third-order valence-electron chi connectivity index (χ3n) is 5.17. The van der Waals surface area contributed by atoms with E-state index in [0.29, 0.717) is 0 Å². The molecule has 0 unspecified atom stereocenters. The molecule has 0 amide bonds. The fourth-order valence-corrected chi connectivity index (χ4v) is 4.58. The maximum atomic E-state index is 3.64.